The number of hydrogen-bond acceptors (Lipinski definition) is 3. The van der Waals surface area contributed by atoms with Gasteiger partial charge in [-0.25, -0.2) is 5.01 Å². The van der Waals surface area contributed by atoms with Crippen LogP contribution < -0.4 is 4.74 Å². The minimum absolute atomic E-state index is 0.0482. The quantitative estimate of drug-likeness (QED) is 0.867. The highest BCUT2D eigenvalue weighted by Gasteiger charge is 2.31. The van der Waals surface area contributed by atoms with Crippen molar-refractivity contribution in [3.05, 3.63) is 65.2 Å². The van der Waals surface area contributed by atoms with E-state index in [9.17, 15) is 4.79 Å². The van der Waals surface area contributed by atoms with Gasteiger partial charge in [-0.2, -0.15) is 5.10 Å². The van der Waals surface area contributed by atoms with Crippen molar-refractivity contribution in [1.29, 1.82) is 0 Å². The predicted octanol–water partition coefficient (Wildman–Crippen LogP) is 3.70. The normalized spacial score (nSPS) is 17.1. The van der Waals surface area contributed by atoms with Crippen LogP contribution in [0.25, 0.3) is 0 Å². The van der Waals surface area contributed by atoms with E-state index in [0.717, 1.165) is 29.0 Å². The topological polar surface area (TPSA) is 41.9 Å². The highest BCUT2D eigenvalue weighted by molar-refractivity contribution is 6.03. The molecule has 3 rings (SSSR count). The fraction of sp³-hybridized carbons (Fsp3) is 0.263. The smallest absolute Gasteiger partial charge is 0.240 e. The molecular formula is C19H20N2O2. The molecule has 0 aliphatic carbocycles. The van der Waals surface area contributed by atoms with E-state index in [4.69, 9.17) is 4.74 Å². The summed E-state index contributed by atoms with van der Waals surface area (Å²) in [4.78, 5) is 12.0. The highest BCUT2D eigenvalue weighted by atomic mass is 16.5. The Morgan fingerprint density at radius 2 is 1.78 bits per heavy atom. The molecule has 1 aliphatic heterocycles. The van der Waals surface area contributed by atoms with E-state index in [1.54, 1.807) is 19.0 Å². The Hall–Kier alpha value is -2.62. The van der Waals surface area contributed by atoms with E-state index in [1.165, 1.54) is 5.56 Å². The zero-order valence-electron chi connectivity index (χ0n) is 13.6. The molecule has 23 heavy (non-hydrogen) atoms. The molecular weight excluding hydrogens is 288 g/mol. The van der Waals surface area contributed by atoms with Gasteiger partial charge in [-0.05, 0) is 30.2 Å². The van der Waals surface area contributed by atoms with Crippen molar-refractivity contribution in [2.45, 2.75) is 26.3 Å². The van der Waals surface area contributed by atoms with Crippen LogP contribution in [0, 0.1) is 6.92 Å². The molecule has 4 heteroatoms. The van der Waals surface area contributed by atoms with Gasteiger partial charge in [0.15, 0.2) is 0 Å². The molecule has 0 spiro atoms. The summed E-state index contributed by atoms with van der Waals surface area (Å²) in [6, 6.07) is 16.0. The largest absolute Gasteiger partial charge is 0.497 e. The number of hydrazone groups is 1. The number of ether oxygens (including phenoxy) is 1. The van der Waals surface area contributed by atoms with E-state index in [-0.39, 0.29) is 11.9 Å². The number of rotatable bonds is 3. The van der Waals surface area contributed by atoms with Gasteiger partial charge in [0, 0.05) is 13.3 Å². The lowest BCUT2D eigenvalue weighted by Gasteiger charge is -2.20. The number of carbonyl (C=O) groups is 1. The summed E-state index contributed by atoms with van der Waals surface area (Å²) in [5.41, 5.74) is 4.29. The van der Waals surface area contributed by atoms with Crippen LogP contribution in [0.1, 0.15) is 36.1 Å². The third kappa shape index (κ3) is 3.11. The minimum atomic E-state index is -0.0605. The molecule has 4 nitrogen and oxygen atoms in total. The van der Waals surface area contributed by atoms with Crippen LogP contribution in [-0.2, 0) is 4.79 Å². The number of carbonyl (C=O) groups excluding carboxylic acids is 1. The number of methoxy groups -OCH3 is 1. The lowest BCUT2D eigenvalue weighted by Crippen LogP contribution is -2.24. The molecule has 1 aliphatic rings. The zero-order valence-corrected chi connectivity index (χ0v) is 13.6. The third-order valence-corrected chi connectivity index (χ3v) is 4.12. The Morgan fingerprint density at radius 1 is 1.13 bits per heavy atom. The second-order valence-electron chi connectivity index (χ2n) is 5.77. The molecule has 2 aromatic rings. The second kappa shape index (κ2) is 6.24. The fourth-order valence-corrected chi connectivity index (χ4v) is 2.81. The summed E-state index contributed by atoms with van der Waals surface area (Å²) < 4.78 is 5.20. The molecule has 0 bridgehead atoms. The number of aryl methyl sites for hydroxylation is 1. The van der Waals surface area contributed by atoms with Gasteiger partial charge < -0.3 is 4.74 Å². The van der Waals surface area contributed by atoms with Gasteiger partial charge in [-0.15, -0.1) is 0 Å². The van der Waals surface area contributed by atoms with Gasteiger partial charge in [0.05, 0.1) is 18.9 Å². The summed E-state index contributed by atoms with van der Waals surface area (Å²) >= 11 is 0. The Labute approximate surface area is 136 Å². The van der Waals surface area contributed by atoms with E-state index < -0.39 is 0 Å². The maximum Gasteiger partial charge on any atom is 0.240 e. The van der Waals surface area contributed by atoms with E-state index >= 15 is 0 Å². The maximum absolute atomic E-state index is 12.0. The van der Waals surface area contributed by atoms with Crippen molar-refractivity contribution in [2.24, 2.45) is 5.10 Å². The van der Waals surface area contributed by atoms with Crippen molar-refractivity contribution < 1.29 is 9.53 Å². The molecule has 0 N–H and O–H groups in total. The lowest BCUT2D eigenvalue weighted by atomic mass is 9.98. The number of nitrogens with zero attached hydrogens (tertiary/aromatic N) is 2. The Morgan fingerprint density at radius 3 is 2.35 bits per heavy atom. The third-order valence-electron chi connectivity index (χ3n) is 4.12. The molecule has 1 atom stereocenters. The van der Waals surface area contributed by atoms with Crippen LogP contribution in [0.5, 0.6) is 5.75 Å². The van der Waals surface area contributed by atoms with Gasteiger partial charge in [0.2, 0.25) is 5.91 Å². The molecule has 0 saturated carbocycles. The van der Waals surface area contributed by atoms with Crippen LogP contribution in [0.15, 0.2) is 53.6 Å². The summed E-state index contributed by atoms with van der Waals surface area (Å²) in [6.07, 6.45) is 0.717. The average Bonchev–Trinajstić information content (AvgIpc) is 3.01. The van der Waals surface area contributed by atoms with E-state index in [0.29, 0.717) is 0 Å². The molecule has 0 unspecified atom stereocenters. The van der Waals surface area contributed by atoms with Crippen molar-refractivity contribution in [2.75, 3.05) is 7.11 Å². The summed E-state index contributed by atoms with van der Waals surface area (Å²) in [5.74, 6) is 0.758. The SMILES string of the molecule is COc1ccc([C@H]2CC(c3ccc(C)cc3)=NN2C(C)=O)cc1. The number of hydrogen-bond donors (Lipinski definition) is 0. The van der Waals surface area contributed by atoms with Crippen LogP contribution in [0.4, 0.5) is 0 Å². The molecule has 1 amide bonds. The minimum Gasteiger partial charge on any atom is -0.497 e. The second-order valence-corrected chi connectivity index (χ2v) is 5.77. The zero-order chi connectivity index (χ0) is 16.4. The maximum atomic E-state index is 12.0. The first-order chi connectivity index (χ1) is 11.1. The van der Waals surface area contributed by atoms with E-state index in [1.807, 2.05) is 24.3 Å². The Bertz CT molecular complexity index is 733. The van der Waals surface area contributed by atoms with Gasteiger partial charge in [0.25, 0.3) is 0 Å². The summed E-state index contributed by atoms with van der Waals surface area (Å²) in [6.45, 7) is 3.61. The van der Waals surface area contributed by atoms with Gasteiger partial charge in [-0.3, -0.25) is 4.79 Å². The first-order valence-electron chi connectivity index (χ1n) is 7.67. The van der Waals surface area contributed by atoms with Gasteiger partial charge in [0.1, 0.15) is 5.75 Å². The standard InChI is InChI=1S/C19H20N2O2/c1-13-4-6-15(7-5-13)18-12-19(21(20-18)14(2)22)16-8-10-17(23-3)11-9-16/h4-11,19H,12H2,1-3H3/t19-/m1/s1. The Balaban J connectivity index is 1.90. The molecule has 0 aromatic heterocycles. The predicted molar refractivity (Wildman–Crippen MR) is 90.6 cm³/mol. The molecule has 0 radical (unpaired) electrons. The van der Waals surface area contributed by atoms with Crippen molar-refractivity contribution in [3.8, 4) is 5.75 Å². The van der Waals surface area contributed by atoms with Crippen molar-refractivity contribution >= 4 is 11.6 Å². The summed E-state index contributed by atoms with van der Waals surface area (Å²) in [5, 5.41) is 6.14. The molecule has 0 saturated heterocycles. The first kappa shape index (κ1) is 15.3. The fourth-order valence-electron chi connectivity index (χ4n) is 2.81. The van der Waals surface area contributed by atoms with E-state index in [2.05, 4.69) is 36.3 Å². The summed E-state index contributed by atoms with van der Waals surface area (Å²) in [7, 11) is 1.64. The van der Waals surface area contributed by atoms with Crippen molar-refractivity contribution in [3.63, 3.8) is 0 Å². The number of benzene rings is 2. The van der Waals surface area contributed by atoms with Crippen LogP contribution in [0.2, 0.25) is 0 Å². The van der Waals surface area contributed by atoms with Crippen LogP contribution >= 0.6 is 0 Å². The molecule has 0 fully saturated rings. The van der Waals surface area contributed by atoms with Gasteiger partial charge >= 0.3 is 0 Å². The highest BCUT2D eigenvalue weighted by Crippen LogP contribution is 2.33. The van der Waals surface area contributed by atoms with Gasteiger partial charge in [-0.1, -0.05) is 42.0 Å². The lowest BCUT2D eigenvalue weighted by molar-refractivity contribution is -0.130. The molecule has 118 valence electrons. The Kier molecular flexibility index (Phi) is 4.15. The monoisotopic (exact) mass is 308 g/mol. The number of amides is 1. The first-order valence-corrected chi connectivity index (χ1v) is 7.67. The average molecular weight is 308 g/mol. The molecule has 2 aromatic carbocycles. The van der Waals surface area contributed by atoms with Crippen LogP contribution in [0.3, 0.4) is 0 Å². The van der Waals surface area contributed by atoms with Crippen molar-refractivity contribution in [1.82, 2.24) is 5.01 Å². The molecule has 1 heterocycles. The van der Waals surface area contributed by atoms with Crippen LogP contribution in [-0.4, -0.2) is 23.7 Å².